The van der Waals surface area contributed by atoms with Crippen molar-refractivity contribution in [3.8, 4) is 5.75 Å². The quantitative estimate of drug-likeness (QED) is 0.516. The van der Waals surface area contributed by atoms with Gasteiger partial charge in [-0.15, -0.1) is 5.11 Å². The average Bonchev–Trinajstić information content (AvgIpc) is 2.21. The summed E-state index contributed by atoms with van der Waals surface area (Å²) in [6.07, 6.45) is 0. The molecule has 0 fully saturated rings. The van der Waals surface area contributed by atoms with Gasteiger partial charge in [-0.25, -0.2) is 0 Å². The third kappa shape index (κ3) is 0.661. The molecule has 0 atom stereocenters. The van der Waals surface area contributed by atoms with Crippen molar-refractivity contribution in [3.05, 3.63) is 24.3 Å². The van der Waals surface area contributed by atoms with E-state index in [4.69, 9.17) is 4.84 Å². The first-order valence-corrected chi connectivity index (χ1v) is 2.63. The molecule has 3 heteroatoms. The smallest absolute Gasteiger partial charge is 0.160 e. The van der Waals surface area contributed by atoms with Gasteiger partial charge in [0, 0.05) is 5.28 Å². The number of rotatable bonds is 0. The van der Waals surface area contributed by atoms with Crippen LogP contribution in [0.15, 0.2) is 34.7 Å². The first-order valence-electron chi connectivity index (χ1n) is 2.63. The van der Waals surface area contributed by atoms with Gasteiger partial charge < -0.3 is 4.84 Å². The van der Waals surface area contributed by atoms with Crippen LogP contribution < -0.4 is 4.84 Å². The van der Waals surface area contributed by atoms with Gasteiger partial charge in [0.1, 0.15) is 0 Å². The summed E-state index contributed by atoms with van der Waals surface area (Å²) in [6, 6.07) is 7.36. The molecule has 9 heavy (non-hydrogen) atoms. The zero-order valence-electron chi connectivity index (χ0n) is 4.61. The normalized spacial score (nSPS) is 12.9. The second kappa shape index (κ2) is 1.55. The van der Waals surface area contributed by atoms with Crippen LogP contribution in [0, 0.1) is 0 Å². The molecule has 44 valence electrons. The first kappa shape index (κ1) is 4.49. The van der Waals surface area contributed by atoms with Crippen LogP contribution in [-0.4, -0.2) is 0 Å². The van der Waals surface area contributed by atoms with Gasteiger partial charge in [-0.3, -0.25) is 0 Å². The van der Waals surface area contributed by atoms with E-state index >= 15 is 0 Å². The van der Waals surface area contributed by atoms with Gasteiger partial charge in [0.2, 0.25) is 0 Å². The Balaban J connectivity index is 2.67. The molecule has 0 aromatic heterocycles. The molecule has 1 aromatic rings. The fraction of sp³-hybridized carbons (Fsp3) is 0. The van der Waals surface area contributed by atoms with E-state index < -0.39 is 0 Å². The van der Waals surface area contributed by atoms with Crippen molar-refractivity contribution in [1.82, 2.24) is 0 Å². The molecule has 3 rings (SSSR count). The molecule has 0 aliphatic carbocycles. The molecule has 2 aliphatic rings. The third-order valence-corrected chi connectivity index (χ3v) is 1.14. The van der Waals surface area contributed by atoms with E-state index in [2.05, 4.69) is 10.4 Å². The Morgan fingerprint density at radius 1 is 1.11 bits per heavy atom. The summed E-state index contributed by atoms with van der Waals surface area (Å²) in [5.74, 6) is 0.736. The number of benzene rings is 1. The Labute approximate surface area is 51.9 Å². The van der Waals surface area contributed by atoms with E-state index in [0.29, 0.717) is 0 Å². The molecule has 2 aliphatic heterocycles. The highest BCUT2D eigenvalue weighted by Crippen LogP contribution is 2.21. The molecule has 1 aromatic carbocycles. The van der Waals surface area contributed by atoms with E-state index in [1.807, 2.05) is 24.3 Å². The molecule has 0 amide bonds. The molecule has 0 N–H and O–H groups in total. The van der Waals surface area contributed by atoms with Gasteiger partial charge in [-0.1, -0.05) is 0 Å². The van der Waals surface area contributed by atoms with Crippen LogP contribution in [0.4, 0.5) is 5.69 Å². The number of fused-ring (bicyclic) bond motifs is 3. The fourth-order valence-electron chi connectivity index (χ4n) is 0.688. The Bertz CT molecular complexity index is 240. The minimum absolute atomic E-state index is 0.736. The van der Waals surface area contributed by atoms with E-state index in [-0.39, 0.29) is 0 Å². The molecule has 2 bridgehead atoms. The summed E-state index contributed by atoms with van der Waals surface area (Å²) in [5, 5.41) is 7.13. The maximum atomic E-state index is 4.77. The summed E-state index contributed by atoms with van der Waals surface area (Å²) in [6.45, 7) is 0. The highest BCUT2D eigenvalue weighted by atomic mass is 16.6. The van der Waals surface area contributed by atoms with E-state index in [0.717, 1.165) is 11.4 Å². The predicted molar refractivity (Wildman–Crippen MR) is 31.6 cm³/mol. The van der Waals surface area contributed by atoms with Crippen LogP contribution in [0.5, 0.6) is 5.75 Å². The van der Waals surface area contributed by atoms with E-state index in [9.17, 15) is 0 Å². The van der Waals surface area contributed by atoms with Gasteiger partial charge in [-0.2, -0.15) is 0 Å². The molecular weight excluding hydrogens is 116 g/mol. The second-order valence-corrected chi connectivity index (χ2v) is 1.77. The minimum Gasteiger partial charge on any atom is -0.339 e. The van der Waals surface area contributed by atoms with Crippen LogP contribution in [0.2, 0.25) is 0 Å². The lowest BCUT2D eigenvalue weighted by molar-refractivity contribution is 0.316. The number of hydrogen-bond donors (Lipinski definition) is 0. The Hall–Kier alpha value is -1.38. The maximum Gasteiger partial charge on any atom is 0.160 e. The van der Waals surface area contributed by atoms with Crippen molar-refractivity contribution in [2.45, 2.75) is 0 Å². The predicted octanol–water partition coefficient (Wildman–Crippen LogP) is 2.08. The zero-order valence-corrected chi connectivity index (χ0v) is 4.61. The van der Waals surface area contributed by atoms with E-state index in [1.54, 1.807) is 0 Å². The van der Waals surface area contributed by atoms with Gasteiger partial charge in [0.25, 0.3) is 0 Å². The summed E-state index contributed by atoms with van der Waals surface area (Å²) in [5.41, 5.74) is 0.830. The molecule has 3 nitrogen and oxygen atoms in total. The lowest BCUT2D eigenvalue weighted by Crippen LogP contribution is -1.73. The van der Waals surface area contributed by atoms with Crippen molar-refractivity contribution in [1.29, 1.82) is 0 Å². The van der Waals surface area contributed by atoms with Crippen molar-refractivity contribution in [2.24, 2.45) is 10.4 Å². The second-order valence-electron chi connectivity index (χ2n) is 1.77. The van der Waals surface area contributed by atoms with Gasteiger partial charge in [0.15, 0.2) is 5.75 Å². The van der Waals surface area contributed by atoms with Crippen LogP contribution in [0.3, 0.4) is 0 Å². The Morgan fingerprint density at radius 3 is 2.67 bits per heavy atom. The lowest BCUT2D eigenvalue weighted by Gasteiger charge is -1.87. The van der Waals surface area contributed by atoms with E-state index in [1.165, 1.54) is 0 Å². The molecule has 2 heterocycles. The van der Waals surface area contributed by atoms with Crippen molar-refractivity contribution >= 4 is 5.69 Å². The Morgan fingerprint density at radius 2 is 1.89 bits per heavy atom. The molecule has 0 saturated carbocycles. The van der Waals surface area contributed by atoms with Crippen molar-refractivity contribution in [2.75, 3.05) is 0 Å². The van der Waals surface area contributed by atoms with Gasteiger partial charge >= 0.3 is 0 Å². The summed E-state index contributed by atoms with van der Waals surface area (Å²) in [4.78, 5) is 4.77. The van der Waals surface area contributed by atoms with Crippen molar-refractivity contribution < 1.29 is 4.84 Å². The SMILES string of the molecule is c1cc2ccc1N=NO2. The van der Waals surface area contributed by atoms with Crippen LogP contribution in [-0.2, 0) is 0 Å². The monoisotopic (exact) mass is 120 g/mol. The minimum atomic E-state index is 0.736. The van der Waals surface area contributed by atoms with Crippen LogP contribution in [0.25, 0.3) is 0 Å². The molecule has 0 unspecified atom stereocenters. The molecule has 0 radical (unpaired) electrons. The number of hydrogen-bond acceptors (Lipinski definition) is 3. The molecular formula is C6H4N2O. The van der Waals surface area contributed by atoms with Gasteiger partial charge in [-0.05, 0) is 24.3 Å². The lowest BCUT2D eigenvalue weighted by atomic mass is 10.3. The summed E-state index contributed by atoms with van der Waals surface area (Å²) >= 11 is 0. The summed E-state index contributed by atoms with van der Waals surface area (Å²) < 4.78 is 0. The molecule has 0 spiro atoms. The van der Waals surface area contributed by atoms with Crippen LogP contribution in [0.1, 0.15) is 0 Å². The highest BCUT2D eigenvalue weighted by Gasteiger charge is 1.97. The Kier molecular flexibility index (Phi) is 0.773. The average molecular weight is 120 g/mol. The zero-order chi connectivity index (χ0) is 6.10. The first-order chi connectivity index (χ1) is 4.45. The fourth-order valence-corrected chi connectivity index (χ4v) is 0.688. The summed E-state index contributed by atoms with van der Waals surface area (Å²) in [7, 11) is 0. The van der Waals surface area contributed by atoms with Crippen molar-refractivity contribution in [3.63, 3.8) is 0 Å². The van der Waals surface area contributed by atoms with Crippen LogP contribution >= 0.6 is 0 Å². The molecule has 0 saturated heterocycles. The largest absolute Gasteiger partial charge is 0.339 e. The maximum absolute atomic E-state index is 4.77. The third-order valence-electron chi connectivity index (χ3n) is 1.14. The standard InChI is InChI=1S/C6H4N2O/c1-3-6-4-2-5(1)7-8-9-6/h1-4H. The number of nitrogens with zero attached hydrogens (tertiary/aromatic N) is 2. The van der Waals surface area contributed by atoms with Gasteiger partial charge in [0.05, 0.1) is 5.69 Å². The highest BCUT2D eigenvalue weighted by molar-refractivity contribution is 5.41. The topological polar surface area (TPSA) is 34.0 Å².